The highest BCUT2D eigenvalue weighted by Gasteiger charge is 2.20. The van der Waals surface area contributed by atoms with Crippen LogP contribution in [0.15, 0.2) is 6.20 Å². The van der Waals surface area contributed by atoms with Gasteiger partial charge in [0.15, 0.2) is 0 Å². The second-order valence-electron chi connectivity index (χ2n) is 6.56. The minimum absolute atomic E-state index is 0.00221. The third-order valence-corrected chi connectivity index (χ3v) is 3.17. The van der Waals surface area contributed by atoms with E-state index in [1.165, 1.54) is 6.20 Å². The van der Waals surface area contributed by atoms with Crippen molar-refractivity contribution >= 4 is 11.7 Å². The summed E-state index contributed by atoms with van der Waals surface area (Å²) in [5.41, 5.74) is 0.00221. The topological polar surface area (TPSA) is 110 Å². The van der Waals surface area contributed by atoms with Crippen molar-refractivity contribution in [2.45, 2.75) is 53.1 Å². The van der Waals surface area contributed by atoms with Gasteiger partial charge in [0, 0.05) is 19.9 Å². The zero-order valence-corrected chi connectivity index (χ0v) is 13.5. The van der Waals surface area contributed by atoms with Gasteiger partial charge in [-0.05, 0) is 21.7 Å². The van der Waals surface area contributed by atoms with E-state index >= 15 is 0 Å². The maximum absolute atomic E-state index is 11.9. The fourth-order valence-electron chi connectivity index (χ4n) is 2.23. The quantitative estimate of drug-likeness (QED) is 0.584. The van der Waals surface area contributed by atoms with Crippen LogP contribution in [-0.2, 0) is 11.3 Å². The van der Waals surface area contributed by atoms with Crippen LogP contribution in [0, 0.1) is 22.5 Å². The number of aliphatic hydroxyl groups excluding tert-OH is 1. The molecule has 1 aromatic rings. The number of aliphatic hydroxyl groups is 1. The number of rotatable bonds is 7. The molecule has 0 fully saturated rings. The van der Waals surface area contributed by atoms with Gasteiger partial charge < -0.3 is 25.1 Å². The van der Waals surface area contributed by atoms with Gasteiger partial charge in [-0.3, -0.25) is 4.79 Å². The first-order valence-electron chi connectivity index (χ1n) is 7.21. The average molecular weight is 312 g/mol. The Bertz CT molecular complexity index is 533. The number of hydrogen-bond acceptors (Lipinski definition) is 5. The standard InChI is InChI=1S/C14H24N4O4/c1-10-15-12(18(21)22)8-17(10)6-5-13(20)16-11(9-19)7-14(2,3)4/h8,11,19H,5-7,9H2,1-4H3,(H,16,20). The van der Waals surface area contributed by atoms with Crippen LogP contribution in [-0.4, -0.2) is 38.1 Å². The Morgan fingerprint density at radius 2 is 2.18 bits per heavy atom. The summed E-state index contributed by atoms with van der Waals surface area (Å²) in [6.07, 6.45) is 2.17. The van der Waals surface area contributed by atoms with Gasteiger partial charge in [-0.1, -0.05) is 20.8 Å². The third-order valence-electron chi connectivity index (χ3n) is 3.17. The number of imidazole rings is 1. The lowest BCUT2D eigenvalue weighted by molar-refractivity contribution is -0.389. The van der Waals surface area contributed by atoms with Crippen LogP contribution < -0.4 is 5.32 Å². The van der Waals surface area contributed by atoms with E-state index in [4.69, 9.17) is 0 Å². The fraction of sp³-hybridized carbons (Fsp3) is 0.714. The molecule has 1 unspecified atom stereocenters. The number of aryl methyl sites for hydroxylation is 2. The smallest absolute Gasteiger partial charge is 0.381 e. The maximum Gasteiger partial charge on any atom is 0.381 e. The summed E-state index contributed by atoms with van der Waals surface area (Å²) in [5, 5.41) is 22.8. The van der Waals surface area contributed by atoms with Gasteiger partial charge in [-0.2, -0.15) is 0 Å². The largest absolute Gasteiger partial charge is 0.394 e. The average Bonchev–Trinajstić information content (AvgIpc) is 2.75. The molecule has 0 aliphatic carbocycles. The van der Waals surface area contributed by atoms with E-state index in [2.05, 4.69) is 10.3 Å². The molecule has 0 bridgehead atoms. The summed E-state index contributed by atoms with van der Waals surface area (Å²) in [6, 6.07) is -0.286. The molecule has 8 heteroatoms. The lowest BCUT2D eigenvalue weighted by Gasteiger charge is -2.25. The summed E-state index contributed by atoms with van der Waals surface area (Å²) >= 11 is 0. The first-order valence-corrected chi connectivity index (χ1v) is 7.21. The molecule has 1 atom stereocenters. The minimum Gasteiger partial charge on any atom is -0.394 e. The predicted octanol–water partition coefficient (Wildman–Crippen LogP) is 1.40. The van der Waals surface area contributed by atoms with Gasteiger partial charge in [0.25, 0.3) is 0 Å². The monoisotopic (exact) mass is 312 g/mol. The second kappa shape index (κ2) is 7.35. The normalized spacial score (nSPS) is 13.0. The van der Waals surface area contributed by atoms with Crippen molar-refractivity contribution < 1.29 is 14.8 Å². The van der Waals surface area contributed by atoms with E-state index in [0.717, 1.165) is 0 Å². The van der Waals surface area contributed by atoms with Crippen molar-refractivity contribution in [3.63, 3.8) is 0 Å². The van der Waals surface area contributed by atoms with Crippen molar-refractivity contribution in [1.29, 1.82) is 0 Å². The summed E-state index contributed by atoms with van der Waals surface area (Å²) in [5.74, 6) is 0.0748. The van der Waals surface area contributed by atoms with Crippen LogP contribution in [0.3, 0.4) is 0 Å². The highest BCUT2D eigenvalue weighted by Crippen LogP contribution is 2.20. The van der Waals surface area contributed by atoms with Crippen molar-refractivity contribution in [1.82, 2.24) is 14.9 Å². The van der Waals surface area contributed by atoms with Crippen molar-refractivity contribution in [2.24, 2.45) is 5.41 Å². The van der Waals surface area contributed by atoms with Crippen molar-refractivity contribution in [2.75, 3.05) is 6.61 Å². The van der Waals surface area contributed by atoms with Crippen LogP contribution in [0.1, 0.15) is 39.4 Å². The molecule has 2 N–H and O–H groups in total. The van der Waals surface area contributed by atoms with Gasteiger partial charge in [0.1, 0.15) is 6.20 Å². The van der Waals surface area contributed by atoms with E-state index in [-0.39, 0.29) is 36.2 Å². The molecule has 124 valence electrons. The maximum atomic E-state index is 11.9. The van der Waals surface area contributed by atoms with E-state index in [1.54, 1.807) is 11.5 Å². The van der Waals surface area contributed by atoms with Gasteiger partial charge in [-0.25, -0.2) is 0 Å². The third kappa shape index (κ3) is 5.80. The highest BCUT2D eigenvalue weighted by molar-refractivity contribution is 5.76. The Kier molecular flexibility index (Phi) is 6.04. The Hall–Kier alpha value is -1.96. The summed E-state index contributed by atoms with van der Waals surface area (Å²) in [7, 11) is 0. The molecular weight excluding hydrogens is 288 g/mol. The van der Waals surface area contributed by atoms with E-state index in [9.17, 15) is 20.0 Å². The summed E-state index contributed by atoms with van der Waals surface area (Å²) in [6.45, 7) is 7.97. The van der Waals surface area contributed by atoms with Crippen molar-refractivity contribution in [3.05, 3.63) is 22.1 Å². The lowest BCUT2D eigenvalue weighted by Crippen LogP contribution is -2.40. The molecule has 0 aromatic carbocycles. The molecule has 8 nitrogen and oxygen atoms in total. The first-order chi connectivity index (χ1) is 10.1. The van der Waals surface area contributed by atoms with Crippen LogP contribution in [0.5, 0.6) is 0 Å². The number of nitro groups is 1. The predicted molar refractivity (Wildman–Crippen MR) is 81.3 cm³/mol. The Morgan fingerprint density at radius 1 is 1.55 bits per heavy atom. The Balaban J connectivity index is 2.53. The molecule has 0 saturated heterocycles. The number of hydrogen-bond donors (Lipinski definition) is 2. The van der Waals surface area contributed by atoms with Gasteiger partial charge in [0.05, 0.1) is 12.6 Å². The van der Waals surface area contributed by atoms with Crippen molar-refractivity contribution in [3.8, 4) is 0 Å². The number of nitrogens with zero attached hydrogens (tertiary/aromatic N) is 3. The molecular formula is C14H24N4O4. The van der Waals surface area contributed by atoms with Gasteiger partial charge >= 0.3 is 5.82 Å². The van der Waals surface area contributed by atoms with Crippen LogP contribution in [0.2, 0.25) is 0 Å². The summed E-state index contributed by atoms with van der Waals surface area (Å²) in [4.78, 5) is 25.8. The minimum atomic E-state index is -0.561. The zero-order chi connectivity index (χ0) is 16.9. The second-order valence-corrected chi connectivity index (χ2v) is 6.56. The molecule has 0 radical (unpaired) electrons. The number of carbonyl (C=O) groups is 1. The van der Waals surface area contributed by atoms with E-state index in [1.807, 2.05) is 20.8 Å². The van der Waals surface area contributed by atoms with Gasteiger partial charge in [0.2, 0.25) is 11.7 Å². The van der Waals surface area contributed by atoms with Gasteiger partial charge in [-0.15, -0.1) is 0 Å². The molecule has 1 heterocycles. The SMILES string of the molecule is Cc1nc([N+](=O)[O-])cn1CCC(=O)NC(CO)CC(C)(C)C. The van der Waals surface area contributed by atoms with Crippen LogP contribution >= 0.6 is 0 Å². The molecule has 1 aromatic heterocycles. The number of aromatic nitrogens is 2. The number of amides is 1. The molecule has 0 aliphatic heterocycles. The molecule has 0 saturated carbocycles. The molecule has 22 heavy (non-hydrogen) atoms. The highest BCUT2D eigenvalue weighted by atomic mass is 16.6. The van der Waals surface area contributed by atoms with E-state index in [0.29, 0.717) is 18.8 Å². The number of nitrogens with one attached hydrogen (secondary N) is 1. The van der Waals surface area contributed by atoms with Crippen LogP contribution in [0.25, 0.3) is 0 Å². The molecule has 0 spiro atoms. The zero-order valence-electron chi connectivity index (χ0n) is 13.5. The number of carbonyl (C=O) groups excluding carboxylic acids is 1. The molecule has 1 rings (SSSR count). The lowest BCUT2D eigenvalue weighted by atomic mass is 9.88. The van der Waals surface area contributed by atoms with Crippen LogP contribution in [0.4, 0.5) is 5.82 Å². The van der Waals surface area contributed by atoms with E-state index < -0.39 is 4.92 Å². The molecule has 1 amide bonds. The molecule has 0 aliphatic rings. The Morgan fingerprint density at radius 3 is 2.64 bits per heavy atom. The fourth-order valence-corrected chi connectivity index (χ4v) is 2.23. The first kappa shape index (κ1) is 18.1. The Labute approximate surface area is 129 Å². The summed E-state index contributed by atoms with van der Waals surface area (Å²) < 4.78 is 1.58.